The van der Waals surface area contributed by atoms with Crippen LogP contribution in [-0.4, -0.2) is 46.3 Å². The number of nitrogens with zero attached hydrogens (tertiary/aromatic N) is 6. The van der Waals surface area contributed by atoms with Gasteiger partial charge in [0.2, 0.25) is 17.5 Å². The third-order valence-electron chi connectivity index (χ3n) is 2.16. The number of nitrogens with one attached hydrogen (secondary N) is 2. The van der Waals surface area contributed by atoms with Crippen LogP contribution >= 0.6 is 0 Å². The van der Waals surface area contributed by atoms with Crippen molar-refractivity contribution in [1.29, 1.82) is 0 Å². The van der Waals surface area contributed by atoms with Crippen molar-refractivity contribution in [2.24, 2.45) is 0 Å². The molecule has 2 aromatic rings. The molecule has 0 bridgehead atoms. The molecule has 2 heterocycles. The highest BCUT2D eigenvalue weighted by atomic mass is 16.5. The van der Waals surface area contributed by atoms with Crippen molar-refractivity contribution in [3.8, 4) is 17.7 Å². The number of hydrogen-bond donors (Lipinski definition) is 2. The second kappa shape index (κ2) is 5.54. The van der Waals surface area contributed by atoms with Crippen LogP contribution in [0.25, 0.3) is 11.6 Å². The predicted molar refractivity (Wildman–Crippen MR) is 65.0 cm³/mol. The van der Waals surface area contributed by atoms with Gasteiger partial charge in [0.1, 0.15) is 0 Å². The Kier molecular flexibility index (Phi) is 3.82. The monoisotopic (exact) mass is 266 g/mol. The molecule has 0 amide bonds. The maximum Gasteiger partial charge on any atom is 0.321 e. The lowest BCUT2D eigenvalue weighted by Gasteiger charge is -2.19. The highest BCUT2D eigenvalue weighted by molar-refractivity contribution is 5.45. The van der Waals surface area contributed by atoms with Crippen molar-refractivity contribution in [2.45, 2.75) is 6.92 Å². The fourth-order valence-corrected chi connectivity index (χ4v) is 1.34. The highest BCUT2D eigenvalue weighted by Gasteiger charge is 2.16. The lowest BCUT2D eigenvalue weighted by molar-refractivity contribution is 0.376. The van der Waals surface area contributed by atoms with Crippen LogP contribution in [0.3, 0.4) is 0 Å². The topological polar surface area (TPSA) is 114 Å². The van der Waals surface area contributed by atoms with Crippen molar-refractivity contribution in [1.82, 2.24) is 35.9 Å². The van der Waals surface area contributed by atoms with Crippen LogP contribution in [0.15, 0.2) is 4.52 Å². The van der Waals surface area contributed by atoms with Crippen LogP contribution in [0.2, 0.25) is 0 Å². The van der Waals surface area contributed by atoms with E-state index in [1.165, 1.54) is 12.2 Å². The number of anilines is 1. The van der Waals surface area contributed by atoms with Gasteiger partial charge in [-0.1, -0.05) is 5.16 Å². The predicted octanol–water partition coefficient (Wildman–Crippen LogP) is -0.686. The van der Waals surface area contributed by atoms with Gasteiger partial charge in [0.25, 0.3) is 5.95 Å². The Balaban J connectivity index is 2.46. The summed E-state index contributed by atoms with van der Waals surface area (Å²) in [5.41, 5.74) is 5.71. The van der Waals surface area contributed by atoms with Gasteiger partial charge in [0, 0.05) is 21.0 Å². The lowest BCUT2D eigenvalue weighted by atomic mass is 10.5. The minimum atomic E-state index is 0.151. The molecule has 2 aromatic heterocycles. The molecule has 102 valence electrons. The fraction of sp³-hybridized carbons (Fsp3) is 0.444. The molecule has 10 nitrogen and oxygen atoms in total. The van der Waals surface area contributed by atoms with Gasteiger partial charge < -0.3 is 9.26 Å². The molecule has 0 atom stereocenters. The van der Waals surface area contributed by atoms with E-state index in [0.29, 0.717) is 11.8 Å². The second-order valence-corrected chi connectivity index (χ2v) is 3.37. The molecule has 0 saturated carbocycles. The Morgan fingerprint density at radius 1 is 1.05 bits per heavy atom. The first-order chi connectivity index (χ1) is 9.17. The molecule has 0 fully saturated rings. The molecule has 0 saturated heterocycles. The number of hydrazine groups is 2. The van der Waals surface area contributed by atoms with Crippen LogP contribution in [0, 0.1) is 6.92 Å². The number of hydrogen-bond acceptors (Lipinski definition) is 10. The molecule has 0 aliphatic rings. The molecule has 0 spiro atoms. The van der Waals surface area contributed by atoms with Gasteiger partial charge in [-0.15, -0.1) is 0 Å². The first-order valence-corrected chi connectivity index (χ1v) is 5.43. The summed E-state index contributed by atoms with van der Waals surface area (Å²) in [5, 5.41) is 5.25. The van der Waals surface area contributed by atoms with E-state index in [9.17, 15) is 0 Å². The molecule has 0 unspecified atom stereocenters. The molecule has 19 heavy (non-hydrogen) atoms. The second-order valence-electron chi connectivity index (χ2n) is 3.37. The first-order valence-electron chi connectivity index (χ1n) is 5.43. The first kappa shape index (κ1) is 13.1. The summed E-state index contributed by atoms with van der Waals surface area (Å²) in [5.74, 6) is 1.27. The van der Waals surface area contributed by atoms with Gasteiger partial charge in [0.05, 0.1) is 7.11 Å². The summed E-state index contributed by atoms with van der Waals surface area (Å²) >= 11 is 0. The zero-order valence-electron chi connectivity index (χ0n) is 11.0. The quantitative estimate of drug-likeness (QED) is 0.674. The number of aromatic nitrogens is 5. The van der Waals surface area contributed by atoms with Crippen molar-refractivity contribution in [2.75, 3.05) is 26.3 Å². The van der Waals surface area contributed by atoms with E-state index >= 15 is 0 Å². The largest absolute Gasteiger partial charge is 0.467 e. The van der Waals surface area contributed by atoms with E-state index < -0.39 is 0 Å². The van der Waals surface area contributed by atoms with Crippen LogP contribution < -0.4 is 20.7 Å². The van der Waals surface area contributed by atoms with E-state index in [1.54, 1.807) is 21.0 Å². The van der Waals surface area contributed by atoms with Gasteiger partial charge >= 0.3 is 6.01 Å². The Morgan fingerprint density at radius 3 is 2.32 bits per heavy atom. The summed E-state index contributed by atoms with van der Waals surface area (Å²) in [6.45, 7) is 1.68. The van der Waals surface area contributed by atoms with Crippen molar-refractivity contribution >= 4 is 5.95 Å². The molecular formula is C9H14N8O2. The number of ether oxygens (including phenoxy) is 1. The molecule has 10 heteroatoms. The average Bonchev–Trinajstić information content (AvgIpc) is 2.86. The Morgan fingerprint density at radius 2 is 1.79 bits per heavy atom. The summed E-state index contributed by atoms with van der Waals surface area (Å²) in [4.78, 5) is 16.5. The van der Waals surface area contributed by atoms with Gasteiger partial charge in [-0.3, -0.25) is 0 Å². The molecular weight excluding hydrogens is 252 g/mol. The summed E-state index contributed by atoms with van der Waals surface area (Å²) < 4.78 is 9.93. The van der Waals surface area contributed by atoms with E-state index in [2.05, 4.69) is 35.9 Å². The highest BCUT2D eigenvalue weighted by Crippen LogP contribution is 2.16. The van der Waals surface area contributed by atoms with E-state index in [4.69, 9.17) is 9.26 Å². The van der Waals surface area contributed by atoms with Crippen molar-refractivity contribution in [3.05, 3.63) is 5.89 Å². The summed E-state index contributed by atoms with van der Waals surface area (Å²) in [6.07, 6.45) is 0. The number of aryl methyl sites for hydroxylation is 1. The zero-order valence-corrected chi connectivity index (χ0v) is 11.0. The Bertz CT molecular complexity index is 553. The number of rotatable bonds is 5. The molecule has 0 aromatic carbocycles. The molecule has 0 aliphatic heterocycles. The third-order valence-corrected chi connectivity index (χ3v) is 2.16. The fourth-order valence-electron chi connectivity index (χ4n) is 1.34. The SMILES string of the molecule is CNN(NC)c1nc(OC)nc(-c2noc(C)n2)n1. The minimum absolute atomic E-state index is 0.151. The Labute approximate surface area is 109 Å². The lowest BCUT2D eigenvalue weighted by Crippen LogP contribution is -2.45. The van der Waals surface area contributed by atoms with Gasteiger partial charge in [0.15, 0.2) is 0 Å². The normalized spacial score (nSPS) is 10.5. The van der Waals surface area contributed by atoms with E-state index in [-0.39, 0.29) is 17.7 Å². The van der Waals surface area contributed by atoms with Crippen LogP contribution in [0.1, 0.15) is 5.89 Å². The minimum Gasteiger partial charge on any atom is -0.467 e. The van der Waals surface area contributed by atoms with Crippen molar-refractivity contribution in [3.63, 3.8) is 0 Å². The zero-order chi connectivity index (χ0) is 13.8. The molecule has 0 radical (unpaired) electrons. The Hall–Kier alpha value is -2.33. The summed E-state index contributed by atoms with van der Waals surface area (Å²) in [7, 11) is 4.89. The molecule has 2 N–H and O–H groups in total. The maximum atomic E-state index is 5.03. The molecule has 2 rings (SSSR count). The van der Waals surface area contributed by atoms with E-state index in [0.717, 1.165) is 0 Å². The van der Waals surface area contributed by atoms with Gasteiger partial charge in [-0.25, -0.2) is 16.0 Å². The van der Waals surface area contributed by atoms with Crippen LogP contribution in [0.5, 0.6) is 6.01 Å². The average molecular weight is 266 g/mol. The molecule has 0 aliphatic carbocycles. The standard InChI is InChI=1S/C9H14N8O2/c1-5-12-7(16-19-5)6-13-8(17(10-2)11-3)15-9(14-6)18-4/h10-11H,1-4H3. The maximum absolute atomic E-state index is 5.03. The number of methoxy groups -OCH3 is 1. The van der Waals surface area contributed by atoms with Crippen LogP contribution in [-0.2, 0) is 0 Å². The van der Waals surface area contributed by atoms with Crippen molar-refractivity contribution < 1.29 is 9.26 Å². The van der Waals surface area contributed by atoms with Gasteiger partial charge in [-0.2, -0.15) is 19.9 Å². The van der Waals surface area contributed by atoms with Gasteiger partial charge in [-0.05, 0) is 0 Å². The van der Waals surface area contributed by atoms with Crippen LogP contribution in [0.4, 0.5) is 5.95 Å². The summed E-state index contributed by atoms with van der Waals surface area (Å²) in [6, 6.07) is 0.151. The smallest absolute Gasteiger partial charge is 0.321 e. The third kappa shape index (κ3) is 2.74. The van der Waals surface area contributed by atoms with E-state index in [1.807, 2.05) is 0 Å².